The third kappa shape index (κ3) is 6.40. The maximum atomic E-state index is 11.2. The molecule has 0 saturated carbocycles. The van der Waals surface area contributed by atoms with Gasteiger partial charge in [-0.1, -0.05) is 30.3 Å². The Labute approximate surface area is 182 Å². The molecule has 0 radical (unpaired) electrons. The summed E-state index contributed by atoms with van der Waals surface area (Å²) in [5, 5.41) is 17.7. The van der Waals surface area contributed by atoms with Crippen molar-refractivity contribution in [3.8, 4) is 11.5 Å². The SMILES string of the molecule is Cc1cc(N=Nc2ccccc2)ccc1OCCc1ccc(OC(C)(C)C(=O)O)cc1. The van der Waals surface area contributed by atoms with Crippen LogP contribution in [-0.4, -0.2) is 23.3 Å². The van der Waals surface area contributed by atoms with Gasteiger partial charge in [-0.3, -0.25) is 0 Å². The fourth-order valence-electron chi connectivity index (χ4n) is 2.81. The van der Waals surface area contributed by atoms with Gasteiger partial charge in [-0.05, 0) is 74.4 Å². The molecule has 0 atom stereocenters. The van der Waals surface area contributed by atoms with E-state index in [1.54, 1.807) is 12.1 Å². The molecule has 0 aliphatic carbocycles. The molecule has 0 amide bonds. The lowest BCUT2D eigenvalue weighted by Gasteiger charge is -2.21. The predicted molar refractivity (Wildman–Crippen MR) is 120 cm³/mol. The first-order valence-electron chi connectivity index (χ1n) is 10.0. The number of aryl methyl sites for hydroxylation is 1. The Bertz CT molecular complexity index is 1040. The van der Waals surface area contributed by atoms with Crippen molar-refractivity contribution in [1.82, 2.24) is 0 Å². The van der Waals surface area contributed by atoms with E-state index in [-0.39, 0.29) is 0 Å². The smallest absolute Gasteiger partial charge is 0.347 e. The second-order valence-electron chi connectivity index (χ2n) is 7.65. The number of nitrogens with zero attached hydrogens (tertiary/aromatic N) is 2. The summed E-state index contributed by atoms with van der Waals surface area (Å²) in [5.74, 6) is 0.322. The molecule has 0 saturated heterocycles. The standard InChI is InChI=1S/C25H26N2O4/c1-18-17-21(27-26-20-7-5-4-6-8-20)11-14-23(18)30-16-15-19-9-12-22(13-10-19)31-25(2,3)24(28)29/h4-14,17H,15-16H2,1-3H3,(H,28,29). The van der Waals surface area contributed by atoms with Crippen molar-refractivity contribution in [3.05, 3.63) is 83.9 Å². The third-order valence-corrected chi connectivity index (χ3v) is 4.66. The van der Waals surface area contributed by atoms with Gasteiger partial charge >= 0.3 is 5.97 Å². The van der Waals surface area contributed by atoms with Crippen molar-refractivity contribution in [3.63, 3.8) is 0 Å². The molecule has 0 bridgehead atoms. The summed E-state index contributed by atoms with van der Waals surface area (Å²) in [6.07, 6.45) is 0.720. The van der Waals surface area contributed by atoms with Crippen LogP contribution in [0.15, 0.2) is 83.0 Å². The van der Waals surface area contributed by atoms with Gasteiger partial charge in [-0.2, -0.15) is 10.2 Å². The Hall–Kier alpha value is -3.67. The highest BCUT2D eigenvalue weighted by Crippen LogP contribution is 2.26. The molecule has 0 unspecified atom stereocenters. The van der Waals surface area contributed by atoms with Crippen LogP contribution in [0.4, 0.5) is 11.4 Å². The van der Waals surface area contributed by atoms with Crippen LogP contribution in [-0.2, 0) is 11.2 Å². The van der Waals surface area contributed by atoms with E-state index in [1.165, 1.54) is 13.8 Å². The van der Waals surface area contributed by atoms with Gasteiger partial charge in [0.2, 0.25) is 0 Å². The molecule has 3 rings (SSSR count). The number of aliphatic carboxylic acids is 1. The van der Waals surface area contributed by atoms with Gasteiger partial charge < -0.3 is 14.6 Å². The second kappa shape index (κ2) is 9.89. The van der Waals surface area contributed by atoms with Crippen LogP contribution in [0.1, 0.15) is 25.0 Å². The first-order chi connectivity index (χ1) is 14.8. The predicted octanol–water partition coefficient (Wildman–Crippen LogP) is 6.27. The van der Waals surface area contributed by atoms with Crippen molar-refractivity contribution in [2.75, 3.05) is 6.61 Å². The fourth-order valence-corrected chi connectivity index (χ4v) is 2.81. The van der Waals surface area contributed by atoms with Gasteiger partial charge in [0.05, 0.1) is 18.0 Å². The van der Waals surface area contributed by atoms with Gasteiger partial charge in [0.1, 0.15) is 11.5 Å². The van der Waals surface area contributed by atoms with Crippen molar-refractivity contribution in [2.24, 2.45) is 10.2 Å². The zero-order valence-electron chi connectivity index (χ0n) is 17.9. The van der Waals surface area contributed by atoms with Crippen LogP contribution < -0.4 is 9.47 Å². The minimum atomic E-state index is -1.27. The number of azo groups is 1. The van der Waals surface area contributed by atoms with Crippen molar-refractivity contribution >= 4 is 17.3 Å². The monoisotopic (exact) mass is 418 g/mol. The molecule has 6 nitrogen and oxygen atoms in total. The summed E-state index contributed by atoms with van der Waals surface area (Å²) in [5.41, 5.74) is 2.38. The molecule has 0 aliphatic heterocycles. The molecule has 0 spiro atoms. The van der Waals surface area contributed by atoms with Crippen LogP contribution >= 0.6 is 0 Å². The molecule has 0 aliphatic rings. The Kier molecular flexibility index (Phi) is 7.03. The van der Waals surface area contributed by atoms with E-state index in [1.807, 2.05) is 67.6 Å². The largest absolute Gasteiger partial charge is 0.493 e. The number of carboxylic acids is 1. The molecular weight excluding hydrogens is 392 g/mol. The maximum absolute atomic E-state index is 11.2. The molecule has 0 fully saturated rings. The lowest BCUT2D eigenvalue weighted by molar-refractivity contribution is -0.152. The molecule has 3 aromatic rings. The van der Waals surface area contributed by atoms with E-state index in [0.717, 1.165) is 34.7 Å². The Morgan fingerprint density at radius 2 is 1.61 bits per heavy atom. The number of hydrogen-bond donors (Lipinski definition) is 1. The highest BCUT2D eigenvalue weighted by atomic mass is 16.5. The van der Waals surface area contributed by atoms with Crippen LogP contribution in [0.25, 0.3) is 0 Å². The van der Waals surface area contributed by atoms with E-state index < -0.39 is 11.6 Å². The molecule has 1 N–H and O–H groups in total. The molecular formula is C25H26N2O4. The minimum Gasteiger partial charge on any atom is -0.493 e. The van der Waals surface area contributed by atoms with Crippen LogP contribution in [0.2, 0.25) is 0 Å². The zero-order chi connectivity index (χ0) is 22.3. The third-order valence-electron chi connectivity index (χ3n) is 4.66. The van der Waals surface area contributed by atoms with E-state index in [0.29, 0.717) is 12.4 Å². The molecule has 3 aromatic carbocycles. The van der Waals surface area contributed by atoms with E-state index in [9.17, 15) is 4.79 Å². The first kappa shape index (κ1) is 22.0. The van der Waals surface area contributed by atoms with Crippen molar-refractivity contribution < 1.29 is 19.4 Å². The maximum Gasteiger partial charge on any atom is 0.347 e. The average molecular weight is 418 g/mol. The van der Waals surface area contributed by atoms with Crippen LogP contribution in [0.5, 0.6) is 11.5 Å². The summed E-state index contributed by atoms with van der Waals surface area (Å²) in [6.45, 7) is 5.54. The topological polar surface area (TPSA) is 80.5 Å². The number of benzene rings is 3. The van der Waals surface area contributed by atoms with Crippen molar-refractivity contribution in [1.29, 1.82) is 0 Å². The van der Waals surface area contributed by atoms with Crippen LogP contribution in [0, 0.1) is 6.92 Å². The van der Waals surface area contributed by atoms with Gasteiger partial charge in [0, 0.05) is 6.42 Å². The number of rotatable bonds is 9. The summed E-state index contributed by atoms with van der Waals surface area (Å²) in [7, 11) is 0. The highest BCUT2D eigenvalue weighted by Gasteiger charge is 2.29. The second-order valence-corrected chi connectivity index (χ2v) is 7.65. The Morgan fingerprint density at radius 1 is 0.935 bits per heavy atom. The lowest BCUT2D eigenvalue weighted by Crippen LogP contribution is -2.37. The molecule has 0 heterocycles. The minimum absolute atomic E-state index is 0.520. The van der Waals surface area contributed by atoms with Gasteiger partial charge in [-0.15, -0.1) is 0 Å². The average Bonchev–Trinajstić information content (AvgIpc) is 2.75. The Morgan fingerprint density at radius 3 is 2.26 bits per heavy atom. The van der Waals surface area contributed by atoms with E-state index in [4.69, 9.17) is 14.6 Å². The normalized spacial score (nSPS) is 11.5. The van der Waals surface area contributed by atoms with Crippen LogP contribution in [0.3, 0.4) is 0 Å². The fraction of sp³-hybridized carbons (Fsp3) is 0.240. The highest BCUT2D eigenvalue weighted by molar-refractivity contribution is 5.76. The molecule has 31 heavy (non-hydrogen) atoms. The summed E-state index contributed by atoms with van der Waals surface area (Å²) >= 11 is 0. The summed E-state index contributed by atoms with van der Waals surface area (Å²) < 4.78 is 11.4. The van der Waals surface area contributed by atoms with Crippen molar-refractivity contribution in [2.45, 2.75) is 32.8 Å². The van der Waals surface area contributed by atoms with Gasteiger partial charge in [0.15, 0.2) is 5.60 Å². The number of hydrogen-bond acceptors (Lipinski definition) is 5. The van der Waals surface area contributed by atoms with E-state index in [2.05, 4.69) is 10.2 Å². The summed E-state index contributed by atoms with van der Waals surface area (Å²) in [4.78, 5) is 11.2. The number of ether oxygens (including phenoxy) is 2. The lowest BCUT2D eigenvalue weighted by atomic mass is 10.1. The molecule has 0 aromatic heterocycles. The molecule has 160 valence electrons. The van der Waals surface area contributed by atoms with Gasteiger partial charge in [0.25, 0.3) is 0 Å². The van der Waals surface area contributed by atoms with E-state index >= 15 is 0 Å². The summed E-state index contributed by atoms with van der Waals surface area (Å²) in [6, 6.07) is 22.7. The number of carbonyl (C=O) groups is 1. The molecule has 6 heteroatoms. The first-order valence-corrected chi connectivity index (χ1v) is 10.0. The zero-order valence-corrected chi connectivity index (χ0v) is 17.9. The number of carboxylic acid groups (broad SMARTS) is 1. The van der Waals surface area contributed by atoms with Gasteiger partial charge in [-0.25, -0.2) is 4.79 Å². The Balaban J connectivity index is 1.52. The quantitative estimate of drug-likeness (QED) is 0.415.